The molecular weight excluding hydrogens is 270 g/mol. The molecule has 1 fully saturated rings. The molecule has 1 aromatic heterocycles. The van der Waals surface area contributed by atoms with Crippen LogP contribution in [-0.4, -0.2) is 18.1 Å². The predicted molar refractivity (Wildman–Crippen MR) is 89.1 cm³/mol. The molecule has 3 heteroatoms. The third-order valence-electron chi connectivity index (χ3n) is 4.64. The summed E-state index contributed by atoms with van der Waals surface area (Å²) in [6.07, 6.45) is 2.28. The van der Waals surface area contributed by atoms with Crippen molar-refractivity contribution >= 4 is 5.82 Å². The minimum Gasteiger partial charge on any atom is -0.357 e. The van der Waals surface area contributed by atoms with E-state index in [4.69, 9.17) is 5.26 Å². The summed E-state index contributed by atoms with van der Waals surface area (Å²) in [5.41, 5.74) is 4.36. The number of benzene rings is 1. The molecule has 0 radical (unpaired) electrons. The molecule has 2 aromatic rings. The molecule has 2 heterocycles. The van der Waals surface area contributed by atoms with Crippen molar-refractivity contribution in [2.75, 3.05) is 18.0 Å². The molecule has 0 bridgehead atoms. The van der Waals surface area contributed by atoms with Crippen LogP contribution in [0.1, 0.15) is 41.1 Å². The molecule has 1 aromatic carbocycles. The Bertz CT molecular complexity index is 707. The average molecular weight is 291 g/mol. The minimum absolute atomic E-state index is 0.540. The van der Waals surface area contributed by atoms with Crippen molar-refractivity contribution < 1.29 is 0 Å². The molecule has 1 aliphatic heterocycles. The van der Waals surface area contributed by atoms with Crippen LogP contribution in [0.25, 0.3) is 0 Å². The Balaban J connectivity index is 1.72. The van der Waals surface area contributed by atoms with E-state index in [1.54, 1.807) is 0 Å². The van der Waals surface area contributed by atoms with E-state index in [-0.39, 0.29) is 0 Å². The van der Waals surface area contributed by atoms with Crippen LogP contribution < -0.4 is 4.90 Å². The van der Waals surface area contributed by atoms with Crippen molar-refractivity contribution in [1.82, 2.24) is 4.98 Å². The molecule has 0 saturated carbocycles. The lowest BCUT2D eigenvalue weighted by molar-refractivity contribution is 0.501. The molecule has 0 N–H and O–H groups in total. The average Bonchev–Trinajstić information content (AvgIpc) is 2.56. The van der Waals surface area contributed by atoms with Crippen molar-refractivity contribution in [2.45, 2.75) is 32.6 Å². The van der Waals surface area contributed by atoms with Crippen molar-refractivity contribution in [3.05, 3.63) is 58.8 Å². The largest absolute Gasteiger partial charge is 0.357 e. The fourth-order valence-corrected chi connectivity index (χ4v) is 3.27. The number of nitrogens with zero attached hydrogens (tertiary/aromatic N) is 3. The van der Waals surface area contributed by atoms with Gasteiger partial charge in [0, 0.05) is 13.1 Å². The van der Waals surface area contributed by atoms with Crippen LogP contribution >= 0.6 is 0 Å². The number of rotatable bonds is 2. The number of aromatic nitrogens is 1. The molecule has 3 rings (SSSR count). The second-order valence-electron chi connectivity index (χ2n) is 6.06. The number of nitriles is 1. The fourth-order valence-electron chi connectivity index (χ4n) is 3.27. The van der Waals surface area contributed by atoms with Gasteiger partial charge in [-0.15, -0.1) is 0 Å². The summed E-state index contributed by atoms with van der Waals surface area (Å²) in [4.78, 5) is 6.80. The van der Waals surface area contributed by atoms with Gasteiger partial charge in [0.1, 0.15) is 17.6 Å². The summed E-state index contributed by atoms with van der Waals surface area (Å²) in [5, 5.41) is 9.13. The Morgan fingerprint density at radius 1 is 1.05 bits per heavy atom. The zero-order valence-electron chi connectivity index (χ0n) is 13.2. The van der Waals surface area contributed by atoms with Gasteiger partial charge in [-0.1, -0.05) is 30.3 Å². The van der Waals surface area contributed by atoms with Crippen molar-refractivity contribution in [3.63, 3.8) is 0 Å². The lowest BCUT2D eigenvalue weighted by Gasteiger charge is -2.33. The third kappa shape index (κ3) is 2.82. The number of pyridine rings is 1. The minimum atomic E-state index is 0.540. The SMILES string of the molecule is Cc1ccccc1C1CCN(c2ccc(C)c(C#N)n2)CC1. The van der Waals surface area contributed by atoms with Crippen LogP contribution in [0.4, 0.5) is 5.82 Å². The third-order valence-corrected chi connectivity index (χ3v) is 4.64. The smallest absolute Gasteiger partial charge is 0.145 e. The van der Waals surface area contributed by atoms with Crippen LogP contribution in [-0.2, 0) is 0 Å². The van der Waals surface area contributed by atoms with Crippen molar-refractivity contribution in [1.29, 1.82) is 5.26 Å². The highest BCUT2D eigenvalue weighted by atomic mass is 15.2. The summed E-state index contributed by atoms with van der Waals surface area (Å²) in [7, 11) is 0. The first-order chi connectivity index (χ1) is 10.7. The summed E-state index contributed by atoms with van der Waals surface area (Å²) < 4.78 is 0. The molecule has 3 nitrogen and oxygen atoms in total. The lowest BCUT2D eigenvalue weighted by atomic mass is 9.87. The van der Waals surface area contributed by atoms with E-state index in [1.807, 2.05) is 19.1 Å². The second kappa shape index (κ2) is 6.19. The maximum absolute atomic E-state index is 9.13. The van der Waals surface area contributed by atoms with E-state index in [9.17, 15) is 0 Å². The predicted octanol–water partition coefficient (Wildman–Crippen LogP) is 3.95. The van der Waals surface area contributed by atoms with Crippen molar-refractivity contribution in [2.24, 2.45) is 0 Å². The number of piperidine rings is 1. The Labute approximate surface area is 132 Å². The van der Waals surface area contributed by atoms with Crippen LogP contribution in [0.3, 0.4) is 0 Å². The standard InChI is InChI=1S/C19H21N3/c1-14-5-3-4-6-17(14)16-9-11-22(12-10-16)19-8-7-15(2)18(13-20)21-19/h3-8,16H,9-12H2,1-2H3. The lowest BCUT2D eigenvalue weighted by Crippen LogP contribution is -2.33. The van der Waals surface area contributed by atoms with E-state index in [1.165, 1.54) is 11.1 Å². The number of anilines is 1. The summed E-state index contributed by atoms with van der Waals surface area (Å²) in [6, 6.07) is 14.9. The molecule has 0 amide bonds. The molecule has 0 aliphatic carbocycles. The first-order valence-electron chi connectivity index (χ1n) is 7.87. The molecule has 112 valence electrons. The van der Waals surface area contributed by atoms with Crippen LogP contribution in [0.15, 0.2) is 36.4 Å². The van der Waals surface area contributed by atoms with Gasteiger partial charge in [-0.05, 0) is 55.4 Å². The Morgan fingerprint density at radius 2 is 1.77 bits per heavy atom. The van der Waals surface area contributed by atoms with Crippen LogP contribution in [0, 0.1) is 25.2 Å². The molecule has 0 atom stereocenters. The Morgan fingerprint density at radius 3 is 2.45 bits per heavy atom. The van der Waals surface area contributed by atoms with Crippen LogP contribution in [0.5, 0.6) is 0 Å². The van der Waals surface area contributed by atoms with Gasteiger partial charge in [0.05, 0.1) is 0 Å². The first kappa shape index (κ1) is 14.6. The maximum Gasteiger partial charge on any atom is 0.145 e. The van der Waals surface area contributed by atoms with Gasteiger partial charge >= 0.3 is 0 Å². The van der Waals surface area contributed by atoms with E-state index < -0.39 is 0 Å². The summed E-state index contributed by atoms with van der Waals surface area (Å²) >= 11 is 0. The normalized spacial score (nSPS) is 15.6. The summed E-state index contributed by atoms with van der Waals surface area (Å²) in [6.45, 7) is 6.13. The van der Waals surface area contributed by atoms with Gasteiger partial charge in [-0.25, -0.2) is 4.98 Å². The molecule has 22 heavy (non-hydrogen) atoms. The number of aryl methyl sites for hydroxylation is 2. The fraction of sp³-hybridized carbons (Fsp3) is 0.368. The van der Waals surface area contributed by atoms with Crippen LogP contribution in [0.2, 0.25) is 0 Å². The molecule has 1 saturated heterocycles. The van der Waals surface area contributed by atoms with Gasteiger partial charge in [-0.2, -0.15) is 5.26 Å². The highest BCUT2D eigenvalue weighted by Crippen LogP contribution is 2.31. The first-order valence-corrected chi connectivity index (χ1v) is 7.87. The quantitative estimate of drug-likeness (QED) is 0.841. The molecule has 0 unspecified atom stereocenters. The van der Waals surface area contributed by atoms with Crippen molar-refractivity contribution in [3.8, 4) is 6.07 Å². The van der Waals surface area contributed by atoms with E-state index in [0.717, 1.165) is 37.3 Å². The Kier molecular flexibility index (Phi) is 4.11. The highest BCUT2D eigenvalue weighted by molar-refractivity contribution is 5.45. The number of hydrogen-bond donors (Lipinski definition) is 0. The zero-order valence-corrected chi connectivity index (χ0v) is 13.2. The molecular formula is C19H21N3. The van der Waals surface area contributed by atoms with Gasteiger partial charge in [0.25, 0.3) is 0 Å². The maximum atomic E-state index is 9.13. The van der Waals surface area contributed by atoms with Gasteiger partial charge in [0.15, 0.2) is 0 Å². The summed E-state index contributed by atoms with van der Waals surface area (Å²) in [5.74, 6) is 1.57. The Hall–Kier alpha value is -2.34. The highest BCUT2D eigenvalue weighted by Gasteiger charge is 2.22. The molecule has 0 spiro atoms. The van der Waals surface area contributed by atoms with Gasteiger partial charge in [0.2, 0.25) is 0 Å². The van der Waals surface area contributed by atoms with E-state index in [0.29, 0.717) is 11.6 Å². The zero-order chi connectivity index (χ0) is 15.5. The van der Waals surface area contributed by atoms with E-state index in [2.05, 4.69) is 47.1 Å². The number of hydrogen-bond acceptors (Lipinski definition) is 3. The van der Waals surface area contributed by atoms with Gasteiger partial charge < -0.3 is 4.90 Å². The molecule has 1 aliphatic rings. The monoisotopic (exact) mass is 291 g/mol. The topological polar surface area (TPSA) is 39.9 Å². The second-order valence-corrected chi connectivity index (χ2v) is 6.06. The van der Waals surface area contributed by atoms with E-state index >= 15 is 0 Å². The van der Waals surface area contributed by atoms with Gasteiger partial charge in [-0.3, -0.25) is 0 Å².